The molecular weight excluding hydrogens is 405 g/mol. The van der Waals surface area contributed by atoms with Gasteiger partial charge in [-0.2, -0.15) is 0 Å². The number of hydrogen-bond donors (Lipinski definition) is 1. The fourth-order valence-electron chi connectivity index (χ4n) is 3.60. The number of piperidine rings is 1. The minimum Gasteiger partial charge on any atom is -0.373 e. The van der Waals surface area contributed by atoms with Crippen LogP contribution in [0.3, 0.4) is 0 Å². The third-order valence-corrected chi connectivity index (χ3v) is 7.28. The molecule has 0 radical (unpaired) electrons. The lowest BCUT2D eigenvalue weighted by molar-refractivity contribution is -0.126. The summed E-state index contributed by atoms with van der Waals surface area (Å²) < 4.78 is 40.4. The van der Waals surface area contributed by atoms with Crippen molar-refractivity contribution in [2.24, 2.45) is 5.92 Å². The molecule has 2 aromatic carbocycles. The highest BCUT2D eigenvalue weighted by atomic mass is 32.2. The summed E-state index contributed by atoms with van der Waals surface area (Å²) in [6, 6.07) is 15.8. The van der Waals surface area contributed by atoms with Crippen LogP contribution in [0.2, 0.25) is 0 Å². The Bertz CT molecular complexity index is 945. The van der Waals surface area contributed by atoms with E-state index in [2.05, 4.69) is 10.2 Å². The van der Waals surface area contributed by atoms with E-state index < -0.39 is 15.8 Å². The monoisotopic (exact) mass is 433 g/mol. The molecule has 0 unspecified atom stereocenters. The first-order chi connectivity index (χ1) is 14.4. The van der Waals surface area contributed by atoms with Gasteiger partial charge in [-0.05, 0) is 31.0 Å². The van der Waals surface area contributed by atoms with Gasteiger partial charge in [0.2, 0.25) is 15.9 Å². The molecule has 8 heteroatoms. The first kappa shape index (κ1) is 22.2. The van der Waals surface area contributed by atoms with Gasteiger partial charge in [0, 0.05) is 50.4 Å². The van der Waals surface area contributed by atoms with Gasteiger partial charge in [-0.15, -0.1) is 0 Å². The van der Waals surface area contributed by atoms with Gasteiger partial charge in [0.1, 0.15) is 5.82 Å². The first-order valence-corrected chi connectivity index (χ1v) is 11.7. The predicted molar refractivity (Wildman–Crippen MR) is 116 cm³/mol. The van der Waals surface area contributed by atoms with Crippen molar-refractivity contribution in [1.82, 2.24) is 9.62 Å². The highest BCUT2D eigenvalue weighted by Gasteiger charge is 2.31. The predicted octanol–water partition coefficient (Wildman–Crippen LogP) is 2.62. The van der Waals surface area contributed by atoms with E-state index in [1.54, 1.807) is 6.07 Å². The zero-order valence-corrected chi connectivity index (χ0v) is 17.9. The second-order valence-corrected chi connectivity index (χ2v) is 9.54. The number of rotatable bonds is 8. The van der Waals surface area contributed by atoms with E-state index in [1.165, 1.54) is 22.5 Å². The molecule has 0 atom stereocenters. The maximum Gasteiger partial charge on any atom is 0.223 e. The number of halogens is 1. The van der Waals surface area contributed by atoms with Crippen LogP contribution in [-0.2, 0) is 20.6 Å². The van der Waals surface area contributed by atoms with Crippen LogP contribution in [0.15, 0.2) is 54.6 Å². The quantitative estimate of drug-likeness (QED) is 0.695. The maximum absolute atomic E-state index is 13.8. The van der Waals surface area contributed by atoms with Crippen molar-refractivity contribution in [3.05, 3.63) is 66.0 Å². The van der Waals surface area contributed by atoms with Crippen LogP contribution in [0.4, 0.5) is 10.1 Å². The highest BCUT2D eigenvalue weighted by Crippen LogP contribution is 2.22. The molecule has 0 bridgehead atoms. The van der Waals surface area contributed by atoms with E-state index in [1.807, 2.05) is 37.4 Å². The van der Waals surface area contributed by atoms with E-state index in [0.29, 0.717) is 25.9 Å². The highest BCUT2D eigenvalue weighted by molar-refractivity contribution is 7.88. The zero-order chi connectivity index (χ0) is 21.6. The number of nitrogens with zero attached hydrogens (tertiary/aromatic N) is 2. The molecule has 30 heavy (non-hydrogen) atoms. The molecular formula is C22H28FN3O3S. The van der Waals surface area contributed by atoms with Gasteiger partial charge in [-0.1, -0.05) is 36.4 Å². The van der Waals surface area contributed by atoms with Crippen LogP contribution < -0.4 is 10.2 Å². The molecule has 1 aliphatic rings. The molecule has 0 aliphatic carbocycles. The van der Waals surface area contributed by atoms with Crippen LogP contribution in [0.1, 0.15) is 18.4 Å². The van der Waals surface area contributed by atoms with Gasteiger partial charge in [0.05, 0.1) is 5.75 Å². The summed E-state index contributed by atoms with van der Waals surface area (Å²) in [4.78, 5) is 14.5. The summed E-state index contributed by atoms with van der Waals surface area (Å²) in [5.74, 6) is -1.12. The van der Waals surface area contributed by atoms with Crippen molar-refractivity contribution in [3.63, 3.8) is 0 Å². The third kappa shape index (κ3) is 5.79. The van der Waals surface area contributed by atoms with E-state index in [9.17, 15) is 17.6 Å². The third-order valence-electron chi connectivity index (χ3n) is 5.46. The van der Waals surface area contributed by atoms with E-state index >= 15 is 0 Å². The summed E-state index contributed by atoms with van der Waals surface area (Å²) in [5, 5.41) is 2.96. The number of hydrogen-bond acceptors (Lipinski definition) is 4. The molecule has 162 valence electrons. The SMILES string of the molecule is CN(CCNC(=O)C1CCN(S(=O)(=O)Cc2ccccc2F)CC1)c1ccccc1. The fraction of sp³-hybridized carbons (Fsp3) is 0.409. The van der Waals surface area contributed by atoms with Gasteiger partial charge in [0.25, 0.3) is 0 Å². The van der Waals surface area contributed by atoms with E-state index in [0.717, 1.165) is 5.69 Å². The number of likely N-dealkylation sites (N-methyl/N-ethyl adjacent to an activating group) is 1. The molecule has 1 amide bonds. The Morgan fingerprint density at radius 1 is 1.10 bits per heavy atom. The Labute approximate surface area is 177 Å². The molecule has 1 N–H and O–H groups in total. The minimum absolute atomic E-state index is 0.0392. The van der Waals surface area contributed by atoms with Crippen molar-refractivity contribution in [3.8, 4) is 0 Å². The molecule has 0 saturated carbocycles. The number of sulfonamides is 1. The summed E-state index contributed by atoms with van der Waals surface area (Å²) in [6.45, 7) is 1.76. The smallest absolute Gasteiger partial charge is 0.223 e. The number of carbonyl (C=O) groups is 1. The van der Waals surface area contributed by atoms with Crippen molar-refractivity contribution in [2.75, 3.05) is 38.1 Å². The van der Waals surface area contributed by atoms with Gasteiger partial charge in [-0.3, -0.25) is 4.79 Å². The molecule has 1 heterocycles. The molecule has 1 fully saturated rings. The first-order valence-electron chi connectivity index (χ1n) is 10.1. The standard InChI is InChI=1S/C22H28FN3O3S/c1-25(20-8-3-2-4-9-20)16-13-24-22(27)18-11-14-26(15-12-18)30(28,29)17-19-7-5-6-10-21(19)23/h2-10,18H,11-17H2,1H3,(H,24,27). The average Bonchev–Trinajstić information content (AvgIpc) is 2.76. The molecule has 3 rings (SSSR count). The summed E-state index contributed by atoms with van der Waals surface area (Å²) >= 11 is 0. The van der Waals surface area contributed by atoms with Crippen molar-refractivity contribution >= 4 is 21.6 Å². The normalized spacial score (nSPS) is 15.7. The number of anilines is 1. The lowest BCUT2D eigenvalue weighted by Gasteiger charge is -2.30. The van der Waals surface area contributed by atoms with Gasteiger partial charge in [0.15, 0.2) is 0 Å². The summed E-state index contributed by atoms with van der Waals surface area (Å²) in [5.41, 5.74) is 1.25. The largest absolute Gasteiger partial charge is 0.373 e. The number of nitrogens with one attached hydrogen (secondary N) is 1. The number of para-hydroxylation sites is 1. The minimum atomic E-state index is -3.61. The van der Waals surface area contributed by atoms with Crippen molar-refractivity contribution in [2.45, 2.75) is 18.6 Å². The molecule has 0 spiro atoms. The Morgan fingerprint density at radius 3 is 2.40 bits per heavy atom. The molecule has 1 aliphatic heterocycles. The van der Waals surface area contributed by atoms with E-state index in [4.69, 9.17) is 0 Å². The second-order valence-electron chi connectivity index (χ2n) is 7.57. The van der Waals surface area contributed by atoms with Gasteiger partial charge >= 0.3 is 0 Å². The Balaban J connectivity index is 1.44. The second kappa shape index (κ2) is 10.0. The number of amides is 1. The lowest BCUT2D eigenvalue weighted by Crippen LogP contribution is -2.44. The van der Waals surface area contributed by atoms with Crippen LogP contribution in [0.5, 0.6) is 0 Å². The van der Waals surface area contributed by atoms with Crippen LogP contribution in [0, 0.1) is 11.7 Å². The molecule has 1 saturated heterocycles. The Morgan fingerprint density at radius 2 is 1.73 bits per heavy atom. The van der Waals surface area contributed by atoms with Gasteiger partial charge < -0.3 is 10.2 Å². The van der Waals surface area contributed by atoms with E-state index in [-0.39, 0.29) is 36.2 Å². The maximum atomic E-state index is 13.8. The number of carbonyl (C=O) groups excluding carboxylic acids is 1. The Hall–Kier alpha value is -2.45. The van der Waals surface area contributed by atoms with Crippen LogP contribution in [-0.4, -0.2) is 51.9 Å². The summed E-state index contributed by atoms with van der Waals surface area (Å²) in [6.07, 6.45) is 0.938. The average molecular weight is 434 g/mol. The molecule has 2 aromatic rings. The van der Waals surface area contributed by atoms with Crippen LogP contribution in [0.25, 0.3) is 0 Å². The number of benzene rings is 2. The topological polar surface area (TPSA) is 69.7 Å². The summed E-state index contributed by atoms with van der Waals surface area (Å²) in [7, 11) is -1.64. The van der Waals surface area contributed by atoms with Crippen LogP contribution >= 0.6 is 0 Å². The molecule has 6 nitrogen and oxygen atoms in total. The zero-order valence-electron chi connectivity index (χ0n) is 17.1. The van der Waals surface area contributed by atoms with Gasteiger partial charge in [-0.25, -0.2) is 17.1 Å². The van der Waals surface area contributed by atoms with Crippen molar-refractivity contribution < 1.29 is 17.6 Å². The Kier molecular flexibility index (Phi) is 7.44. The molecule has 0 aromatic heterocycles. The lowest BCUT2D eigenvalue weighted by atomic mass is 9.97. The fourth-order valence-corrected chi connectivity index (χ4v) is 5.18. The van der Waals surface area contributed by atoms with Crippen molar-refractivity contribution in [1.29, 1.82) is 0 Å².